The van der Waals surface area contributed by atoms with E-state index in [0.717, 1.165) is 13.0 Å². The highest BCUT2D eigenvalue weighted by atomic mass is 35.5. The molecular formula is C13H14ClN3O. The molecule has 5 heteroatoms. The summed E-state index contributed by atoms with van der Waals surface area (Å²) in [6, 6.07) is 6.65. The summed E-state index contributed by atoms with van der Waals surface area (Å²) in [6.45, 7) is 2.89. The van der Waals surface area contributed by atoms with Gasteiger partial charge in [0.1, 0.15) is 0 Å². The van der Waals surface area contributed by atoms with Crippen LogP contribution in [0, 0.1) is 17.2 Å². The number of rotatable bonds is 2. The molecule has 1 aromatic rings. The van der Waals surface area contributed by atoms with E-state index in [9.17, 15) is 4.79 Å². The summed E-state index contributed by atoms with van der Waals surface area (Å²) < 4.78 is 0. The number of halogens is 1. The molecular weight excluding hydrogens is 250 g/mol. The molecule has 0 bridgehead atoms. The van der Waals surface area contributed by atoms with Crippen molar-refractivity contribution in [1.29, 1.82) is 5.26 Å². The molecule has 2 unspecified atom stereocenters. The molecule has 1 aromatic carbocycles. The molecule has 1 amide bonds. The Labute approximate surface area is 111 Å². The fourth-order valence-electron chi connectivity index (χ4n) is 2.09. The third kappa shape index (κ3) is 2.63. The Balaban J connectivity index is 2.14. The molecule has 0 radical (unpaired) electrons. The first-order chi connectivity index (χ1) is 8.61. The minimum Gasteiger partial charge on any atom is -0.323 e. The topological polar surface area (TPSA) is 64.9 Å². The van der Waals surface area contributed by atoms with Gasteiger partial charge in [-0.25, -0.2) is 0 Å². The van der Waals surface area contributed by atoms with Gasteiger partial charge in [0.15, 0.2) is 0 Å². The normalized spacial score (nSPS) is 22.5. The first kappa shape index (κ1) is 12.9. The van der Waals surface area contributed by atoms with Crippen LogP contribution in [-0.4, -0.2) is 18.5 Å². The van der Waals surface area contributed by atoms with Gasteiger partial charge in [0.25, 0.3) is 0 Å². The van der Waals surface area contributed by atoms with Crippen LogP contribution in [0.3, 0.4) is 0 Å². The van der Waals surface area contributed by atoms with Crippen LogP contribution in [0.4, 0.5) is 5.69 Å². The third-order valence-electron chi connectivity index (χ3n) is 3.17. The van der Waals surface area contributed by atoms with E-state index in [2.05, 4.69) is 10.6 Å². The average Bonchev–Trinajstić information content (AvgIpc) is 2.78. The van der Waals surface area contributed by atoms with E-state index in [1.807, 2.05) is 13.0 Å². The number of hydrogen-bond acceptors (Lipinski definition) is 3. The maximum atomic E-state index is 12.1. The second kappa shape index (κ2) is 5.38. The number of benzene rings is 1. The molecule has 1 heterocycles. The van der Waals surface area contributed by atoms with E-state index in [1.165, 1.54) is 0 Å². The quantitative estimate of drug-likeness (QED) is 0.859. The van der Waals surface area contributed by atoms with Crippen LogP contribution in [-0.2, 0) is 4.79 Å². The summed E-state index contributed by atoms with van der Waals surface area (Å²) in [7, 11) is 0. The molecule has 0 spiro atoms. The van der Waals surface area contributed by atoms with Gasteiger partial charge in [0.2, 0.25) is 5.91 Å². The predicted molar refractivity (Wildman–Crippen MR) is 70.4 cm³/mol. The summed E-state index contributed by atoms with van der Waals surface area (Å²) >= 11 is 6.00. The SMILES string of the molecule is CC1CCNC1C(=O)Nc1cc(C#N)ccc1Cl. The van der Waals surface area contributed by atoms with Crippen molar-refractivity contribution >= 4 is 23.2 Å². The van der Waals surface area contributed by atoms with Crippen LogP contribution in [0.15, 0.2) is 18.2 Å². The Morgan fingerprint density at radius 2 is 2.39 bits per heavy atom. The zero-order valence-corrected chi connectivity index (χ0v) is 10.8. The molecule has 1 fully saturated rings. The number of carbonyl (C=O) groups is 1. The maximum Gasteiger partial charge on any atom is 0.241 e. The van der Waals surface area contributed by atoms with Crippen molar-refractivity contribution in [3.05, 3.63) is 28.8 Å². The van der Waals surface area contributed by atoms with Gasteiger partial charge in [-0.3, -0.25) is 4.79 Å². The maximum absolute atomic E-state index is 12.1. The van der Waals surface area contributed by atoms with Crippen LogP contribution >= 0.6 is 11.6 Å². The summed E-state index contributed by atoms with van der Waals surface area (Å²) in [5.74, 6) is 0.208. The number of anilines is 1. The summed E-state index contributed by atoms with van der Waals surface area (Å²) in [4.78, 5) is 12.1. The number of nitrogens with zero attached hydrogens (tertiary/aromatic N) is 1. The van der Waals surface area contributed by atoms with Crippen molar-refractivity contribution in [2.24, 2.45) is 5.92 Å². The zero-order chi connectivity index (χ0) is 13.1. The van der Waals surface area contributed by atoms with Crippen molar-refractivity contribution in [3.63, 3.8) is 0 Å². The molecule has 1 aliphatic heterocycles. The molecule has 0 aliphatic carbocycles. The van der Waals surface area contributed by atoms with Gasteiger partial charge in [-0.1, -0.05) is 18.5 Å². The Bertz CT molecular complexity index is 509. The van der Waals surface area contributed by atoms with Crippen LogP contribution in [0.2, 0.25) is 5.02 Å². The Morgan fingerprint density at radius 3 is 3.00 bits per heavy atom. The van der Waals surface area contributed by atoms with Gasteiger partial charge in [-0.2, -0.15) is 5.26 Å². The lowest BCUT2D eigenvalue weighted by molar-refractivity contribution is -0.118. The summed E-state index contributed by atoms with van der Waals surface area (Å²) in [5.41, 5.74) is 0.962. The highest BCUT2D eigenvalue weighted by Gasteiger charge is 2.29. The van der Waals surface area contributed by atoms with E-state index >= 15 is 0 Å². The van der Waals surface area contributed by atoms with Crippen LogP contribution in [0.1, 0.15) is 18.9 Å². The first-order valence-corrected chi connectivity index (χ1v) is 6.23. The van der Waals surface area contributed by atoms with E-state index < -0.39 is 0 Å². The van der Waals surface area contributed by atoms with Gasteiger partial charge in [0.05, 0.1) is 28.4 Å². The van der Waals surface area contributed by atoms with E-state index in [-0.39, 0.29) is 11.9 Å². The van der Waals surface area contributed by atoms with Crippen molar-refractivity contribution in [3.8, 4) is 6.07 Å². The van der Waals surface area contributed by atoms with Crippen molar-refractivity contribution in [2.45, 2.75) is 19.4 Å². The minimum atomic E-state index is -0.188. The second-order valence-electron chi connectivity index (χ2n) is 4.49. The minimum absolute atomic E-state index is 0.100. The molecule has 1 saturated heterocycles. The van der Waals surface area contributed by atoms with Gasteiger partial charge >= 0.3 is 0 Å². The number of amides is 1. The van der Waals surface area contributed by atoms with Crippen LogP contribution in [0.5, 0.6) is 0 Å². The third-order valence-corrected chi connectivity index (χ3v) is 3.50. The number of carbonyl (C=O) groups excluding carboxylic acids is 1. The zero-order valence-electron chi connectivity index (χ0n) is 10.0. The summed E-state index contributed by atoms with van der Waals surface area (Å²) in [5, 5.41) is 15.2. The lowest BCUT2D eigenvalue weighted by Crippen LogP contribution is -2.39. The molecule has 2 atom stereocenters. The highest BCUT2D eigenvalue weighted by molar-refractivity contribution is 6.33. The summed E-state index contributed by atoms with van der Waals surface area (Å²) in [6.07, 6.45) is 0.990. The predicted octanol–water partition coefficient (Wildman–Crippen LogP) is 2.15. The second-order valence-corrected chi connectivity index (χ2v) is 4.90. The molecule has 2 N–H and O–H groups in total. The lowest BCUT2D eigenvalue weighted by Gasteiger charge is -2.16. The number of hydrogen-bond donors (Lipinski definition) is 2. The monoisotopic (exact) mass is 263 g/mol. The Morgan fingerprint density at radius 1 is 1.61 bits per heavy atom. The van der Waals surface area contributed by atoms with Crippen molar-refractivity contribution in [2.75, 3.05) is 11.9 Å². The van der Waals surface area contributed by atoms with E-state index in [0.29, 0.717) is 22.2 Å². The van der Waals surface area contributed by atoms with Gasteiger partial charge in [0, 0.05) is 0 Å². The number of nitriles is 1. The molecule has 0 aromatic heterocycles. The van der Waals surface area contributed by atoms with E-state index in [4.69, 9.17) is 16.9 Å². The standard InChI is InChI=1S/C13H14ClN3O/c1-8-4-5-16-12(8)13(18)17-11-6-9(7-15)2-3-10(11)14/h2-3,6,8,12,16H,4-5H2,1H3,(H,17,18). The highest BCUT2D eigenvalue weighted by Crippen LogP contribution is 2.24. The fourth-order valence-corrected chi connectivity index (χ4v) is 2.25. The van der Waals surface area contributed by atoms with Gasteiger partial charge in [-0.15, -0.1) is 0 Å². The first-order valence-electron chi connectivity index (χ1n) is 5.85. The van der Waals surface area contributed by atoms with Gasteiger partial charge in [-0.05, 0) is 37.1 Å². The largest absolute Gasteiger partial charge is 0.323 e. The molecule has 0 saturated carbocycles. The molecule has 18 heavy (non-hydrogen) atoms. The van der Waals surface area contributed by atoms with E-state index in [1.54, 1.807) is 18.2 Å². The molecule has 4 nitrogen and oxygen atoms in total. The van der Waals surface area contributed by atoms with Crippen molar-refractivity contribution in [1.82, 2.24) is 5.32 Å². The number of nitrogens with one attached hydrogen (secondary N) is 2. The molecule has 94 valence electrons. The average molecular weight is 264 g/mol. The smallest absolute Gasteiger partial charge is 0.241 e. The molecule has 1 aliphatic rings. The fraction of sp³-hybridized carbons (Fsp3) is 0.385. The Kier molecular flexibility index (Phi) is 3.85. The van der Waals surface area contributed by atoms with Crippen LogP contribution in [0.25, 0.3) is 0 Å². The lowest BCUT2D eigenvalue weighted by atomic mass is 10.0. The Hall–Kier alpha value is -1.57. The van der Waals surface area contributed by atoms with Crippen LogP contribution < -0.4 is 10.6 Å². The molecule has 2 rings (SSSR count). The van der Waals surface area contributed by atoms with Gasteiger partial charge < -0.3 is 10.6 Å². The van der Waals surface area contributed by atoms with Crippen molar-refractivity contribution < 1.29 is 4.79 Å².